The summed E-state index contributed by atoms with van der Waals surface area (Å²) in [5.41, 5.74) is 4.50. The number of carbonyl (C=O) groups is 1. The number of piperidine rings is 1. The van der Waals surface area contributed by atoms with Gasteiger partial charge in [0.1, 0.15) is 0 Å². The van der Waals surface area contributed by atoms with Crippen LogP contribution in [0, 0.1) is 0 Å². The van der Waals surface area contributed by atoms with Crippen molar-refractivity contribution in [3.63, 3.8) is 0 Å². The Bertz CT molecular complexity index is 1210. The highest BCUT2D eigenvalue weighted by Crippen LogP contribution is 2.32. The van der Waals surface area contributed by atoms with Gasteiger partial charge >= 0.3 is 0 Å². The van der Waals surface area contributed by atoms with Crippen LogP contribution in [0.15, 0.2) is 46.8 Å². The summed E-state index contributed by atoms with van der Waals surface area (Å²) < 4.78 is 28.6. The van der Waals surface area contributed by atoms with E-state index in [1.165, 1.54) is 22.1 Å². The summed E-state index contributed by atoms with van der Waals surface area (Å²) in [7, 11) is -3.64. The van der Waals surface area contributed by atoms with Crippen LogP contribution in [0.25, 0.3) is 10.2 Å². The lowest BCUT2D eigenvalue weighted by Gasteiger charge is -2.31. The zero-order valence-corrected chi connectivity index (χ0v) is 20.0. The summed E-state index contributed by atoms with van der Waals surface area (Å²) in [6.45, 7) is 6.20. The minimum Gasteiger partial charge on any atom is -0.370 e. The van der Waals surface area contributed by atoms with E-state index < -0.39 is 10.0 Å². The Morgan fingerprint density at radius 1 is 1.09 bits per heavy atom. The fraction of sp³-hybridized carbons (Fsp3) is 0.391. The Morgan fingerprint density at radius 3 is 2.56 bits per heavy atom. The molecule has 0 unspecified atom stereocenters. The molecule has 0 aliphatic carbocycles. The average Bonchev–Trinajstić information content (AvgIpc) is 3.28. The second kappa shape index (κ2) is 9.56. The normalized spacial score (nSPS) is 14.8. The minimum absolute atomic E-state index is 0.190. The second-order valence-corrected chi connectivity index (χ2v) is 10.6. The third-order valence-corrected chi connectivity index (χ3v) is 8.69. The van der Waals surface area contributed by atoms with Gasteiger partial charge in [-0.25, -0.2) is 13.4 Å². The van der Waals surface area contributed by atoms with Gasteiger partial charge < -0.3 is 10.2 Å². The Morgan fingerprint density at radius 2 is 1.84 bits per heavy atom. The van der Waals surface area contributed by atoms with Gasteiger partial charge in [0.2, 0.25) is 10.0 Å². The molecule has 1 fully saturated rings. The van der Waals surface area contributed by atoms with Gasteiger partial charge in [-0.05, 0) is 55.7 Å². The number of nitrogens with one attached hydrogen (secondary N) is 1. The Labute approximate surface area is 193 Å². The van der Waals surface area contributed by atoms with E-state index >= 15 is 0 Å². The first-order chi connectivity index (χ1) is 15.4. The molecular weight excluding hydrogens is 444 g/mol. The summed E-state index contributed by atoms with van der Waals surface area (Å²) in [6.07, 6.45) is 3.34. The van der Waals surface area contributed by atoms with Crippen LogP contribution in [0.2, 0.25) is 0 Å². The van der Waals surface area contributed by atoms with Crippen LogP contribution in [0.1, 0.15) is 43.5 Å². The number of hydrogen-bond acceptors (Lipinski definition) is 6. The molecule has 0 saturated carbocycles. The van der Waals surface area contributed by atoms with Crippen LogP contribution in [-0.2, 0) is 10.0 Å². The lowest BCUT2D eigenvalue weighted by atomic mass is 10.1. The van der Waals surface area contributed by atoms with Gasteiger partial charge in [0, 0.05) is 31.7 Å². The zero-order valence-electron chi connectivity index (χ0n) is 18.4. The van der Waals surface area contributed by atoms with Crippen molar-refractivity contribution in [2.75, 3.05) is 36.4 Å². The summed E-state index contributed by atoms with van der Waals surface area (Å²) in [5, 5.41) is 2.99. The molecule has 1 aliphatic rings. The van der Waals surface area contributed by atoms with Crippen molar-refractivity contribution >= 4 is 48.9 Å². The molecule has 1 aromatic heterocycles. The van der Waals surface area contributed by atoms with Crippen molar-refractivity contribution in [1.82, 2.24) is 9.29 Å². The standard InChI is InChI=1S/C23H28N4O3S2/c1-3-27(4-2)32(29,30)18-9-11-21(26-12-6-5-7-13-26)20(15-18)25-23(28)17-8-10-19-22(14-17)31-16-24-19/h8-11,14-16H,3-7,12-13H2,1-2H3,(H,25,28). The fourth-order valence-electron chi connectivity index (χ4n) is 4.09. The van der Waals surface area contributed by atoms with Gasteiger partial charge in [-0.1, -0.05) is 13.8 Å². The molecule has 0 spiro atoms. The first-order valence-corrected chi connectivity index (χ1v) is 13.3. The fourth-order valence-corrected chi connectivity index (χ4v) is 6.29. The summed E-state index contributed by atoms with van der Waals surface area (Å²) in [5.74, 6) is -0.268. The molecule has 0 radical (unpaired) electrons. The van der Waals surface area contributed by atoms with Crippen molar-refractivity contribution in [2.24, 2.45) is 0 Å². The highest BCUT2D eigenvalue weighted by Gasteiger charge is 2.25. The Balaban J connectivity index is 1.71. The van der Waals surface area contributed by atoms with Crippen molar-refractivity contribution in [3.05, 3.63) is 47.5 Å². The molecule has 9 heteroatoms. The van der Waals surface area contributed by atoms with E-state index in [9.17, 15) is 13.2 Å². The van der Waals surface area contributed by atoms with E-state index in [1.807, 2.05) is 32.0 Å². The lowest BCUT2D eigenvalue weighted by Crippen LogP contribution is -2.32. The average molecular weight is 473 g/mol. The molecule has 0 bridgehead atoms. The summed E-state index contributed by atoms with van der Waals surface area (Å²) >= 11 is 1.48. The number of rotatable bonds is 7. The van der Waals surface area contributed by atoms with Crippen molar-refractivity contribution in [2.45, 2.75) is 38.0 Å². The maximum Gasteiger partial charge on any atom is 0.255 e. The second-order valence-electron chi connectivity index (χ2n) is 7.80. The van der Waals surface area contributed by atoms with E-state index in [2.05, 4.69) is 15.2 Å². The third-order valence-electron chi connectivity index (χ3n) is 5.85. The van der Waals surface area contributed by atoms with Crippen molar-refractivity contribution in [1.29, 1.82) is 0 Å². The molecule has 4 rings (SSSR count). The van der Waals surface area contributed by atoms with Crippen LogP contribution < -0.4 is 10.2 Å². The smallest absolute Gasteiger partial charge is 0.255 e. The van der Waals surface area contributed by atoms with Gasteiger partial charge in [-0.15, -0.1) is 11.3 Å². The summed E-state index contributed by atoms with van der Waals surface area (Å²) in [4.78, 5) is 19.8. The minimum atomic E-state index is -3.64. The molecule has 0 atom stereocenters. The largest absolute Gasteiger partial charge is 0.370 e. The molecule has 170 valence electrons. The van der Waals surface area contributed by atoms with Crippen molar-refractivity contribution in [3.8, 4) is 0 Å². The SMILES string of the molecule is CCN(CC)S(=O)(=O)c1ccc(N2CCCCC2)c(NC(=O)c2ccc3ncsc3c2)c1. The van der Waals surface area contributed by atoms with Crippen LogP contribution in [-0.4, -0.2) is 49.8 Å². The number of thiazole rings is 1. The summed E-state index contributed by atoms with van der Waals surface area (Å²) in [6, 6.07) is 10.5. The number of benzene rings is 2. The van der Waals surface area contributed by atoms with Crippen LogP contribution in [0.3, 0.4) is 0 Å². The zero-order chi connectivity index (χ0) is 22.7. The topological polar surface area (TPSA) is 82.6 Å². The molecule has 3 aromatic rings. The number of fused-ring (bicyclic) bond motifs is 1. The number of anilines is 2. The number of nitrogens with zero attached hydrogens (tertiary/aromatic N) is 3. The first kappa shape index (κ1) is 22.7. The number of aromatic nitrogens is 1. The molecule has 2 heterocycles. The number of sulfonamides is 1. The van der Waals surface area contributed by atoms with E-state index in [0.29, 0.717) is 24.3 Å². The van der Waals surface area contributed by atoms with Crippen molar-refractivity contribution < 1.29 is 13.2 Å². The van der Waals surface area contributed by atoms with Gasteiger partial charge in [0.15, 0.2) is 0 Å². The highest BCUT2D eigenvalue weighted by molar-refractivity contribution is 7.89. The van der Waals surface area contributed by atoms with Crippen LogP contribution in [0.5, 0.6) is 0 Å². The molecule has 32 heavy (non-hydrogen) atoms. The molecule has 1 amide bonds. The van der Waals surface area contributed by atoms with E-state index in [-0.39, 0.29) is 10.8 Å². The Hall–Kier alpha value is -2.49. The number of amides is 1. The van der Waals surface area contributed by atoms with Crippen LogP contribution in [0.4, 0.5) is 11.4 Å². The molecular formula is C23H28N4O3S2. The van der Waals surface area contributed by atoms with Crippen LogP contribution >= 0.6 is 11.3 Å². The first-order valence-electron chi connectivity index (χ1n) is 11.0. The van der Waals surface area contributed by atoms with E-state index in [1.54, 1.807) is 23.7 Å². The highest BCUT2D eigenvalue weighted by atomic mass is 32.2. The van der Waals surface area contributed by atoms with Gasteiger partial charge in [0.25, 0.3) is 5.91 Å². The predicted octanol–water partition coefficient (Wildman–Crippen LogP) is 4.57. The van der Waals surface area contributed by atoms with E-state index in [4.69, 9.17) is 0 Å². The maximum atomic E-state index is 13.1. The van der Waals surface area contributed by atoms with Gasteiger partial charge in [0.05, 0.1) is 32.0 Å². The maximum absolute atomic E-state index is 13.1. The molecule has 1 aliphatic heterocycles. The quantitative estimate of drug-likeness (QED) is 0.545. The van der Waals surface area contributed by atoms with Gasteiger partial charge in [-0.3, -0.25) is 4.79 Å². The molecule has 1 N–H and O–H groups in total. The lowest BCUT2D eigenvalue weighted by molar-refractivity contribution is 0.102. The van der Waals surface area contributed by atoms with E-state index in [0.717, 1.165) is 41.8 Å². The number of carbonyl (C=O) groups excluding carboxylic acids is 1. The third kappa shape index (κ3) is 4.51. The Kier molecular flexibility index (Phi) is 6.78. The predicted molar refractivity (Wildman–Crippen MR) is 130 cm³/mol. The van der Waals surface area contributed by atoms with Gasteiger partial charge in [-0.2, -0.15) is 4.31 Å². The molecule has 2 aromatic carbocycles. The monoisotopic (exact) mass is 472 g/mol. The molecule has 7 nitrogen and oxygen atoms in total. The molecule has 1 saturated heterocycles. The number of hydrogen-bond donors (Lipinski definition) is 1.